The van der Waals surface area contributed by atoms with Crippen LogP contribution in [0.2, 0.25) is 0 Å². The topological polar surface area (TPSA) is 96.6 Å². The van der Waals surface area contributed by atoms with Gasteiger partial charge in [0, 0.05) is 18.8 Å². The second-order valence-corrected chi connectivity index (χ2v) is 5.28. The highest BCUT2D eigenvalue weighted by atomic mass is 32.2. The molecule has 1 aromatic carbocycles. The first-order chi connectivity index (χ1) is 9.69. The second-order valence-electron chi connectivity index (χ2n) is 4.20. The summed E-state index contributed by atoms with van der Waals surface area (Å²) in [6.07, 6.45) is 0. The van der Waals surface area contributed by atoms with Crippen LogP contribution in [0.1, 0.15) is 11.1 Å². The molecule has 0 aliphatic carbocycles. The number of aliphatic imine (C=N–C) groups is 1. The van der Waals surface area contributed by atoms with E-state index < -0.39 is 11.8 Å². The van der Waals surface area contributed by atoms with Crippen molar-refractivity contribution in [2.45, 2.75) is 13.1 Å². The predicted molar refractivity (Wildman–Crippen MR) is 79.1 cm³/mol. The minimum Gasteiger partial charge on any atom is -0.344 e. The maximum Gasteiger partial charge on any atom is 0.315 e. The summed E-state index contributed by atoms with van der Waals surface area (Å²) < 4.78 is 0. The molecule has 0 saturated heterocycles. The molecule has 0 saturated carbocycles. The third-order valence-electron chi connectivity index (χ3n) is 2.69. The van der Waals surface area contributed by atoms with E-state index in [0.717, 1.165) is 16.9 Å². The number of hydrogen-bond donors (Lipinski definition) is 3. The van der Waals surface area contributed by atoms with E-state index in [-0.39, 0.29) is 0 Å². The molecule has 2 amide bonds. The van der Waals surface area contributed by atoms with E-state index in [0.29, 0.717) is 24.8 Å². The fraction of sp³-hybridized carbons (Fsp3) is 0.308. The quantitative estimate of drug-likeness (QED) is 0.682. The van der Waals surface area contributed by atoms with Crippen LogP contribution in [0.15, 0.2) is 29.3 Å². The number of carbonyl (C=O) groups excluding carboxylic acids is 2. The lowest BCUT2D eigenvalue weighted by atomic mass is 10.1. The van der Waals surface area contributed by atoms with Gasteiger partial charge in [-0.05, 0) is 11.1 Å². The lowest BCUT2D eigenvalue weighted by molar-refractivity contribution is -0.138. The SMILES string of the molecule is NCc1cccc(CNC(=O)C(=O)NC2=NCCS2)c1. The Balaban J connectivity index is 1.83. The molecule has 4 N–H and O–H groups in total. The number of rotatable bonds is 3. The maximum atomic E-state index is 11.6. The zero-order valence-electron chi connectivity index (χ0n) is 10.9. The Morgan fingerprint density at radius 1 is 1.30 bits per heavy atom. The van der Waals surface area contributed by atoms with Gasteiger partial charge in [-0.1, -0.05) is 36.0 Å². The van der Waals surface area contributed by atoms with Crippen molar-refractivity contribution < 1.29 is 9.59 Å². The van der Waals surface area contributed by atoms with E-state index in [4.69, 9.17) is 5.73 Å². The molecule has 0 bridgehead atoms. The lowest BCUT2D eigenvalue weighted by Gasteiger charge is -2.07. The largest absolute Gasteiger partial charge is 0.344 e. The van der Waals surface area contributed by atoms with Crippen LogP contribution >= 0.6 is 11.8 Å². The van der Waals surface area contributed by atoms with E-state index in [1.54, 1.807) is 0 Å². The maximum absolute atomic E-state index is 11.6. The summed E-state index contributed by atoms with van der Waals surface area (Å²) in [6, 6.07) is 7.55. The van der Waals surface area contributed by atoms with Crippen LogP contribution in [0.25, 0.3) is 0 Å². The molecule has 0 unspecified atom stereocenters. The molecule has 2 rings (SSSR count). The minimum absolute atomic E-state index is 0.291. The van der Waals surface area contributed by atoms with Gasteiger partial charge in [-0.3, -0.25) is 19.9 Å². The van der Waals surface area contributed by atoms with E-state index >= 15 is 0 Å². The van der Waals surface area contributed by atoms with Gasteiger partial charge in [0.05, 0.1) is 6.54 Å². The van der Waals surface area contributed by atoms with Crippen molar-refractivity contribution in [1.82, 2.24) is 10.6 Å². The molecular formula is C13H16N4O2S. The van der Waals surface area contributed by atoms with Crippen molar-refractivity contribution in [3.8, 4) is 0 Å². The standard InChI is InChI=1S/C13H16N4O2S/c14-7-9-2-1-3-10(6-9)8-16-11(18)12(19)17-13-15-4-5-20-13/h1-3,6H,4-5,7-8,14H2,(H,16,18)(H,15,17,19). The molecular weight excluding hydrogens is 276 g/mol. The van der Waals surface area contributed by atoms with Gasteiger partial charge in [0.2, 0.25) is 0 Å². The summed E-state index contributed by atoms with van der Waals surface area (Å²) in [4.78, 5) is 27.3. The Morgan fingerprint density at radius 2 is 2.10 bits per heavy atom. The van der Waals surface area contributed by atoms with Gasteiger partial charge in [0.1, 0.15) is 0 Å². The van der Waals surface area contributed by atoms with Gasteiger partial charge in [-0.15, -0.1) is 0 Å². The molecule has 1 aliphatic rings. The Labute approximate surface area is 121 Å². The predicted octanol–water partition coefficient (Wildman–Crippen LogP) is -0.0195. The number of hydrogen-bond acceptors (Lipinski definition) is 5. The number of nitrogens with two attached hydrogens (primary N) is 1. The molecule has 6 nitrogen and oxygen atoms in total. The molecule has 0 radical (unpaired) electrons. The molecule has 1 aliphatic heterocycles. The first-order valence-corrected chi connectivity index (χ1v) is 7.22. The molecule has 0 spiro atoms. The number of nitrogens with one attached hydrogen (secondary N) is 2. The summed E-state index contributed by atoms with van der Waals surface area (Å²) >= 11 is 1.43. The van der Waals surface area contributed by atoms with Crippen molar-refractivity contribution >= 4 is 28.7 Å². The van der Waals surface area contributed by atoms with Crippen LogP contribution in [-0.2, 0) is 22.7 Å². The van der Waals surface area contributed by atoms with Crippen LogP contribution in [0.5, 0.6) is 0 Å². The van der Waals surface area contributed by atoms with E-state index in [1.165, 1.54) is 11.8 Å². The number of nitrogens with zero attached hydrogens (tertiary/aromatic N) is 1. The minimum atomic E-state index is -0.687. The third kappa shape index (κ3) is 4.07. The first kappa shape index (κ1) is 14.5. The zero-order chi connectivity index (χ0) is 14.4. The fourth-order valence-corrected chi connectivity index (χ4v) is 2.42. The third-order valence-corrected chi connectivity index (χ3v) is 3.58. The van der Waals surface area contributed by atoms with Crippen LogP contribution < -0.4 is 16.4 Å². The van der Waals surface area contributed by atoms with Gasteiger partial charge < -0.3 is 11.1 Å². The molecule has 1 aromatic rings. The summed E-state index contributed by atoms with van der Waals surface area (Å²) in [6.45, 7) is 1.41. The average Bonchev–Trinajstić information content (AvgIpc) is 2.97. The smallest absolute Gasteiger partial charge is 0.315 e. The van der Waals surface area contributed by atoms with Gasteiger partial charge in [0.15, 0.2) is 5.17 Å². The Morgan fingerprint density at radius 3 is 2.80 bits per heavy atom. The monoisotopic (exact) mass is 292 g/mol. The van der Waals surface area contributed by atoms with Crippen LogP contribution in [0.3, 0.4) is 0 Å². The summed E-state index contributed by atoms with van der Waals surface area (Å²) in [5.41, 5.74) is 7.44. The number of amidine groups is 1. The van der Waals surface area contributed by atoms with Gasteiger partial charge in [-0.2, -0.15) is 0 Å². The summed E-state index contributed by atoms with van der Waals surface area (Å²) in [7, 11) is 0. The molecule has 106 valence electrons. The van der Waals surface area contributed by atoms with Gasteiger partial charge >= 0.3 is 11.8 Å². The van der Waals surface area contributed by atoms with Crippen LogP contribution in [0, 0.1) is 0 Å². The first-order valence-electron chi connectivity index (χ1n) is 6.23. The van der Waals surface area contributed by atoms with Crippen LogP contribution in [0.4, 0.5) is 0 Å². The fourth-order valence-electron chi connectivity index (χ4n) is 1.69. The number of carbonyl (C=O) groups is 2. The highest BCUT2D eigenvalue weighted by Crippen LogP contribution is 2.08. The lowest BCUT2D eigenvalue weighted by Crippen LogP contribution is -2.41. The van der Waals surface area contributed by atoms with Crippen LogP contribution in [-0.4, -0.2) is 29.3 Å². The van der Waals surface area contributed by atoms with E-state index in [1.807, 2.05) is 24.3 Å². The molecule has 20 heavy (non-hydrogen) atoms. The molecule has 0 fully saturated rings. The Kier molecular flexibility index (Phi) is 5.14. The van der Waals surface area contributed by atoms with Crippen molar-refractivity contribution in [2.75, 3.05) is 12.3 Å². The highest BCUT2D eigenvalue weighted by Gasteiger charge is 2.17. The Hall–Kier alpha value is -1.86. The Bertz CT molecular complexity index is 545. The van der Waals surface area contributed by atoms with Gasteiger partial charge in [-0.25, -0.2) is 0 Å². The van der Waals surface area contributed by atoms with Crippen molar-refractivity contribution in [1.29, 1.82) is 0 Å². The highest BCUT2D eigenvalue weighted by molar-refractivity contribution is 8.14. The van der Waals surface area contributed by atoms with Crippen molar-refractivity contribution in [3.05, 3.63) is 35.4 Å². The average molecular weight is 292 g/mol. The second kappa shape index (κ2) is 7.06. The summed E-state index contributed by atoms with van der Waals surface area (Å²) in [5, 5.41) is 5.56. The van der Waals surface area contributed by atoms with Crippen molar-refractivity contribution in [2.24, 2.45) is 10.7 Å². The molecule has 0 atom stereocenters. The number of amides is 2. The van der Waals surface area contributed by atoms with E-state index in [2.05, 4.69) is 15.6 Å². The number of thioether (sulfide) groups is 1. The zero-order valence-corrected chi connectivity index (χ0v) is 11.7. The summed E-state index contributed by atoms with van der Waals surface area (Å²) in [5.74, 6) is -0.519. The molecule has 0 aromatic heterocycles. The molecule has 7 heteroatoms. The molecule has 1 heterocycles. The van der Waals surface area contributed by atoms with Crippen molar-refractivity contribution in [3.63, 3.8) is 0 Å². The number of benzene rings is 1. The van der Waals surface area contributed by atoms with E-state index in [9.17, 15) is 9.59 Å². The normalized spacial score (nSPS) is 13.8. The van der Waals surface area contributed by atoms with Gasteiger partial charge in [0.25, 0.3) is 0 Å².